The normalized spacial score (nSPS) is 16.9. The van der Waals surface area contributed by atoms with Crippen LogP contribution in [0.3, 0.4) is 0 Å². The zero-order valence-electron chi connectivity index (χ0n) is 25.1. The molecule has 0 fully saturated rings. The van der Waals surface area contributed by atoms with E-state index in [1.165, 1.54) is 6.92 Å². The summed E-state index contributed by atoms with van der Waals surface area (Å²) in [6.07, 6.45) is 1.66. The summed E-state index contributed by atoms with van der Waals surface area (Å²) in [5.41, 5.74) is 3.09. The largest absolute Gasteiger partial charge is 0.507 e. The van der Waals surface area contributed by atoms with Crippen molar-refractivity contribution in [1.29, 1.82) is 0 Å². The second-order valence-corrected chi connectivity index (χ2v) is 11.9. The molecule has 10 nitrogen and oxygen atoms in total. The van der Waals surface area contributed by atoms with E-state index in [0.717, 1.165) is 11.3 Å². The fourth-order valence-corrected chi connectivity index (χ4v) is 6.35. The van der Waals surface area contributed by atoms with Crippen molar-refractivity contribution < 1.29 is 44.0 Å². The Kier molecular flexibility index (Phi) is 10.6. The molecule has 43 heavy (non-hydrogen) atoms. The molecule has 0 bridgehead atoms. The van der Waals surface area contributed by atoms with Gasteiger partial charge in [-0.25, -0.2) is 0 Å². The Morgan fingerprint density at radius 1 is 1.07 bits per heavy atom. The van der Waals surface area contributed by atoms with Crippen molar-refractivity contribution in [3.8, 4) is 17.2 Å². The smallest absolute Gasteiger partial charge is 0.231 e. The molecule has 2 aromatic carbocycles. The lowest BCUT2D eigenvalue weighted by molar-refractivity contribution is -0.131. The van der Waals surface area contributed by atoms with Crippen molar-refractivity contribution in [2.24, 2.45) is 17.8 Å². The van der Waals surface area contributed by atoms with Gasteiger partial charge in [0.2, 0.25) is 6.79 Å². The van der Waals surface area contributed by atoms with Crippen molar-refractivity contribution in [2.45, 2.75) is 58.3 Å². The molecular weight excluding hydrogens is 554 g/mol. The molecule has 0 aromatic heterocycles. The molecule has 4 rings (SSSR count). The lowest BCUT2D eigenvalue weighted by Crippen LogP contribution is -2.33. The summed E-state index contributed by atoms with van der Waals surface area (Å²) in [5.74, 6) is -1.09. The molecule has 10 heteroatoms. The van der Waals surface area contributed by atoms with Gasteiger partial charge >= 0.3 is 0 Å². The summed E-state index contributed by atoms with van der Waals surface area (Å²) in [4.78, 5) is 52.4. The number of ketones is 4. The van der Waals surface area contributed by atoms with Crippen LogP contribution in [0.4, 0.5) is 5.69 Å². The third kappa shape index (κ3) is 7.61. The van der Waals surface area contributed by atoms with Gasteiger partial charge in [-0.15, -0.1) is 0 Å². The molecule has 2 aromatic rings. The highest BCUT2D eigenvalue weighted by atomic mass is 16.7. The summed E-state index contributed by atoms with van der Waals surface area (Å²) in [7, 11) is 3.71. The maximum absolute atomic E-state index is 13.5. The topological polar surface area (TPSA) is 151 Å². The number of benzene rings is 2. The number of phenols is 1. The van der Waals surface area contributed by atoms with E-state index in [1.54, 1.807) is 12.1 Å². The standard InChI is InChI=1S/C33H41NO9/c1-19(37)10-28(39)26(17-36)22(8-9-35)11-21-13-25-27(34(2)3)16-23(33(41)32(25)29(40)14-21)5-6-24(38)12-20-4-7-30-31(15-20)43-18-42-30/h4,7,15-16,21-22,26,35-36,41H,5-6,8-14,17-18H2,1-3H3. The fourth-order valence-electron chi connectivity index (χ4n) is 6.35. The second-order valence-electron chi connectivity index (χ2n) is 11.9. The number of nitrogens with zero attached hydrogens (tertiary/aromatic N) is 1. The highest BCUT2D eigenvalue weighted by Gasteiger charge is 2.36. The highest BCUT2D eigenvalue weighted by molar-refractivity contribution is 6.03. The fraction of sp³-hybridized carbons (Fsp3) is 0.515. The predicted molar refractivity (Wildman–Crippen MR) is 159 cm³/mol. The molecule has 1 aliphatic heterocycles. The number of anilines is 1. The van der Waals surface area contributed by atoms with Gasteiger partial charge in [-0.05, 0) is 79.3 Å². The third-order valence-electron chi connectivity index (χ3n) is 8.44. The molecule has 1 heterocycles. The number of rotatable bonds is 15. The van der Waals surface area contributed by atoms with E-state index in [0.29, 0.717) is 35.5 Å². The number of aliphatic hydroxyl groups is 2. The zero-order chi connectivity index (χ0) is 31.3. The molecule has 3 N–H and O–H groups in total. The monoisotopic (exact) mass is 595 g/mol. The highest BCUT2D eigenvalue weighted by Crippen LogP contribution is 2.43. The number of ether oxygens (including phenoxy) is 2. The van der Waals surface area contributed by atoms with Gasteiger partial charge < -0.3 is 29.7 Å². The number of fused-ring (bicyclic) bond motifs is 2. The first-order valence-corrected chi connectivity index (χ1v) is 14.7. The van der Waals surface area contributed by atoms with Crippen LogP contribution in [0, 0.1) is 17.8 Å². The van der Waals surface area contributed by atoms with Crippen molar-refractivity contribution in [2.75, 3.05) is 39.0 Å². The van der Waals surface area contributed by atoms with Crippen LogP contribution >= 0.6 is 0 Å². The van der Waals surface area contributed by atoms with E-state index in [9.17, 15) is 34.5 Å². The number of aromatic hydroxyl groups is 1. The Labute approximate surface area is 251 Å². The first kappa shape index (κ1) is 32.2. The molecular formula is C33H41NO9. The molecule has 2 aliphatic rings. The van der Waals surface area contributed by atoms with Gasteiger partial charge in [0.1, 0.15) is 23.1 Å². The van der Waals surface area contributed by atoms with E-state index in [2.05, 4.69) is 0 Å². The summed E-state index contributed by atoms with van der Waals surface area (Å²) in [5, 5.41) is 30.9. The van der Waals surface area contributed by atoms with Gasteiger partial charge in [0.05, 0.1) is 18.6 Å². The summed E-state index contributed by atoms with van der Waals surface area (Å²) in [6.45, 7) is 0.856. The Balaban J connectivity index is 1.50. The number of aryl methyl sites for hydroxylation is 1. The van der Waals surface area contributed by atoms with Crippen molar-refractivity contribution in [3.63, 3.8) is 0 Å². The number of aliphatic hydroxyl groups excluding tert-OH is 2. The van der Waals surface area contributed by atoms with E-state index in [1.807, 2.05) is 31.1 Å². The van der Waals surface area contributed by atoms with Crippen LogP contribution < -0.4 is 14.4 Å². The molecule has 0 radical (unpaired) electrons. The maximum atomic E-state index is 13.5. The summed E-state index contributed by atoms with van der Waals surface area (Å²) < 4.78 is 10.7. The van der Waals surface area contributed by atoms with E-state index in [-0.39, 0.29) is 92.3 Å². The maximum Gasteiger partial charge on any atom is 0.231 e. The van der Waals surface area contributed by atoms with E-state index >= 15 is 0 Å². The lowest BCUT2D eigenvalue weighted by Gasteiger charge is -2.33. The van der Waals surface area contributed by atoms with Gasteiger partial charge in [0.15, 0.2) is 17.3 Å². The van der Waals surface area contributed by atoms with Crippen LogP contribution in [-0.4, -0.2) is 72.6 Å². The number of hydrogen-bond donors (Lipinski definition) is 3. The molecule has 0 amide bonds. The van der Waals surface area contributed by atoms with Gasteiger partial charge in [-0.1, -0.05) is 6.07 Å². The lowest BCUT2D eigenvalue weighted by atomic mass is 9.73. The van der Waals surface area contributed by atoms with Gasteiger partial charge in [-0.2, -0.15) is 0 Å². The van der Waals surface area contributed by atoms with Crippen LogP contribution in [0.2, 0.25) is 0 Å². The molecule has 0 spiro atoms. The average Bonchev–Trinajstić information content (AvgIpc) is 3.40. The van der Waals surface area contributed by atoms with Gasteiger partial charge in [0, 0.05) is 51.6 Å². The van der Waals surface area contributed by atoms with Crippen LogP contribution in [0.25, 0.3) is 0 Å². The minimum Gasteiger partial charge on any atom is -0.507 e. The van der Waals surface area contributed by atoms with Crippen molar-refractivity contribution in [3.05, 3.63) is 46.5 Å². The first-order chi connectivity index (χ1) is 20.5. The van der Waals surface area contributed by atoms with E-state index in [4.69, 9.17) is 9.47 Å². The van der Waals surface area contributed by atoms with Crippen LogP contribution in [0.15, 0.2) is 24.3 Å². The average molecular weight is 596 g/mol. The molecule has 1 aliphatic carbocycles. The van der Waals surface area contributed by atoms with Crippen LogP contribution in [0.1, 0.15) is 66.1 Å². The minimum absolute atomic E-state index is 0.0125. The number of carbonyl (C=O) groups is 4. The number of hydrogen-bond acceptors (Lipinski definition) is 10. The number of Topliss-reactive ketones (excluding diaryl/α,β-unsaturated/α-hetero) is 4. The zero-order valence-corrected chi connectivity index (χ0v) is 25.1. The third-order valence-corrected chi connectivity index (χ3v) is 8.44. The van der Waals surface area contributed by atoms with Gasteiger partial charge in [0.25, 0.3) is 0 Å². The second kappa shape index (κ2) is 14.1. The van der Waals surface area contributed by atoms with Crippen LogP contribution in [0.5, 0.6) is 17.2 Å². The Bertz CT molecular complexity index is 1380. The number of phenolic OH excluding ortho intramolecular Hbond substituents is 1. The molecule has 3 atom stereocenters. The van der Waals surface area contributed by atoms with E-state index < -0.39 is 18.4 Å². The Morgan fingerprint density at radius 3 is 2.49 bits per heavy atom. The molecule has 0 saturated carbocycles. The van der Waals surface area contributed by atoms with Crippen molar-refractivity contribution >= 4 is 28.8 Å². The Morgan fingerprint density at radius 2 is 1.81 bits per heavy atom. The summed E-state index contributed by atoms with van der Waals surface area (Å²) >= 11 is 0. The van der Waals surface area contributed by atoms with Crippen molar-refractivity contribution in [1.82, 2.24) is 0 Å². The van der Waals surface area contributed by atoms with Gasteiger partial charge in [-0.3, -0.25) is 19.2 Å². The quantitative estimate of drug-likeness (QED) is 0.262. The molecule has 0 saturated heterocycles. The first-order valence-electron chi connectivity index (χ1n) is 14.7. The predicted octanol–water partition coefficient (Wildman–Crippen LogP) is 3.22. The molecule has 3 unspecified atom stereocenters. The minimum atomic E-state index is -0.799. The SMILES string of the molecule is CC(=O)CC(=O)C(CO)C(CCO)CC1CC(=O)c2c(O)c(CCC(=O)Cc3ccc4c(c3)OCO4)cc(N(C)C)c2C1. The molecule has 232 valence electrons. The van der Waals surface area contributed by atoms with Crippen LogP contribution in [-0.2, 0) is 33.6 Å². The Hall–Kier alpha value is -3.76. The number of carbonyl (C=O) groups excluding carboxylic acids is 4. The summed E-state index contributed by atoms with van der Waals surface area (Å²) in [6, 6.07) is 7.23.